The van der Waals surface area contributed by atoms with Crippen LogP contribution in [0, 0.1) is 0 Å². The number of ether oxygens (including phenoxy) is 1. The first-order valence-electron chi connectivity index (χ1n) is 5.30. The van der Waals surface area contributed by atoms with Gasteiger partial charge in [0.1, 0.15) is 10.6 Å². The van der Waals surface area contributed by atoms with E-state index < -0.39 is 16.0 Å². The van der Waals surface area contributed by atoms with E-state index in [1.54, 1.807) is 12.1 Å². The van der Waals surface area contributed by atoms with E-state index in [1.165, 1.54) is 20.2 Å². The molecule has 0 aromatic heterocycles. The highest BCUT2D eigenvalue weighted by molar-refractivity contribution is 9.10. The van der Waals surface area contributed by atoms with Crippen LogP contribution in [0.2, 0.25) is 0 Å². The molecule has 0 unspecified atom stereocenters. The SMILES string of the molecule is COc1ccc(Br)c(S(=O)(=O)N(C)CCC(=O)O)c1. The maximum atomic E-state index is 12.3. The third-order valence-corrected chi connectivity index (χ3v) is 5.32. The normalized spacial score (nSPS) is 11.6. The molecule has 0 spiro atoms. The van der Waals surface area contributed by atoms with Crippen molar-refractivity contribution >= 4 is 31.9 Å². The van der Waals surface area contributed by atoms with Gasteiger partial charge in [-0.15, -0.1) is 0 Å². The predicted octanol–water partition coefficient (Wildman–Crippen LogP) is 1.55. The van der Waals surface area contributed by atoms with E-state index in [0.29, 0.717) is 10.2 Å². The standard InChI is InChI=1S/C11H14BrNO5S/c1-13(6-5-11(14)15)19(16,17)10-7-8(18-2)3-4-9(10)12/h3-4,7H,5-6H2,1-2H3,(H,14,15). The van der Waals surface area contributed by atoms with E-state index in [0.717, 1.165) is 4.31 Å². The van der Waals surface area contributed by atoms with Gasteiger partial charge in [0.25, 0.3) is 0 Å². The molecular formula is C11H14BrNO5S. The molecule has 0 amide bonds. The van der Waals surface area contributed by atoms with Gasteiger partial charge in [-0.3, -0.25) is 4.79 Å². The second-order valence-electron chi connectivity index (χ2n) is 3.77. The van der Waals surface area contributed by atoms with Crippen LogP contribution in [0.1, 0.15) is 6.42 Å². The first kappa shape index (κ1) is 15.9. The Morgan fingerprint density at radius 2 is 2.11 bits per heavy atom. The number of benzene rings is 1. The summed E-state index contributed by atoms with van der Waals surface area (Å²) in [4.78, 5) is 10.5. The van der Waals surface area contributed by atoms with Crippen molar-refractivity contribution in [3.8, 4) is 5.75 Å². The molecule has 0 saturated carbocycles. The second kappa shape index (κ2) is 6.36. The van der Waals surface area contributed by atoms with Crippen molar-refractivity contribution in [2.24, 2.45) is 0 Å². The number of aliphatic carboxylic acids is 1. The molecule has 0 aliphatic heterocycles. The molecule has 1 N–H and O–H groups in total. The molecule has 19 heavy (non-hydrogen) atoms. The minimum atomic E-state index is -3.75. The summed E-state index contributed by atoms with van der Waals surface area (Å²) in [5, 5.41) is 8.58. The van der Waals surface area contributed by atoms with E-state index in [-0.39, 0.29) is 17.9 Å². The Bertz CT molecular complexity index is 572. The average Bonchev–Trinajstić information content (AvgIpc) is 2.36. The number of hydrogen-bond donors (Lipinski definition) is 1. The first-order valence-corrected chi connectivity index (χ1v) is 7.54. The number of rotatable bonds is 6. The van der Waals surface area contributed by atoms with Crippen LogP contribution in [-0.2, 0) is 14.8 Å². The Balaban J connectivity index is 3.08. The minimum absolute atomic E-state index is 0.0414. The van der Waals surface area contributed by atoms with Crippen LogP contribution in [-0.4, -0.2) is 44.5 Å². The summed E-state index contributed by atoms with van der Waals surface area (Å²) in [6.07, 6.45) is -0.253. The van der Waals surface area contributed by atoms with E-state index in [4.69, 9.17) is 9.84 Å². The lowest BCUT2D eigenvalue weighted by molar-refractivity contribution is -0.137. The van der Waals surface area contributed by atoms with Crippen LogP contribution >= 0.6 is 15.9 Å². The molecule has 106 valence electrons. The fourth-order valence-electron chi connectivity index (χ4n) is 1.35. The predicted molar refractivity (Wildman–Crippen MR) is 72.8 cm³/mol. The summed E-state index contributed by atoms with van der Waals surface area (Å²) in [5.74, 6) is -0.639. The largest absolute Gasteiger partial charge is 0.497 e. The summed E-state index contributed by atoms with van der Waals surface area (Å²) in [6.45, 7) is -0.0959. The van der Waals surface area contributed by atoms with Gasteiger partial charge in [0.05, 0.1) is 13.5 Å². The molecular weight excluding hydrogens is 338 g/mol. The lowest BCUT2D eigenvalue weighted by atomic mass is 10.3. The number of carbonyl (C=O) groups is 1. The molecule has 0 atom stereocenters. The van der Waals surface area contributed by atoms with Crippen molar-refractivity contribution in [2.45, 2.75) is 11.3 Å². The third-order valence-electron chi connectivity index (χ3n) is 2.47. The zero-order chi connectivity index (χ0) is 14.6. The molecule has 6 nitrogen and oxygen atoms in total. The zero-order valence-corrected chi connectivity index (χ0v) is 12.9. The molecule has 1 aromatic rings. The highest BCUT2D eigenvalue weighted by Gasteiger charge is 2.24. The fourth-order valence-corrected chi connectivity index (χ4v) is 3.46. The van der Waals surface area contributed by atoms with Crippen molar-refractivity contribution in [1.82, 2.24) is 4.31 Å². The number of hydrogen-bond acceptors (Lipinski definition) is 4. The summed E-state index contributed by atoms with van der Waals surface area (Å²) in [7, 11) is -0.979. The smallest absolute Gasteiger partial charge is 0.304 e. The van der Waals surface area contributed by atoms with Gasteiger partial charge in [-0.25, -0.2) is 12.7 Å². The minimum Gasteiger partial charge on any atom is -0.497 e. The molecule has 0 heterocycles. The lowest BCUT2D eigenvalue weighted by Crippen LogP contribution is -2.29. The molecule has 8 heteroatoms. The molecule has 0 fully saturated rings. The van der Waals surface area contributed by atoms with E-state index >= 15 is 0 Å². The van der Waals surface area contributed by atoms with Gasteiger partial charge in [-0.2, -0.15) is 0 Å². The van der Waals surface area contributed by atoms with Crippen molar-refractivity contribution in [3.63, 3.8) is 0 Å². The summed E-state index contributed by atoms with van der Waals surface area (Å²) >= 11 is 3.17. The lowest BCUT2D eigenvalue weighted by Gasteiger charge is -2.17. The summed E-state index contributed by atoms with van der Waals surface area (Å²) in [6, 6.07) is 4.58. The van der Waals surface area contributed by atoms with Gasteiger partial charge >= 0.3 is 5.97 Å². The molecule has 1 aromatic carbocycles. The topological polar surface area (TPSA) is 83.9 Å². The number of carboxylic acid groups (broad SMARTS) is 1. The fraction of sp³-hybridized carbons (Fsp3) is 0.364. The summed E-state index contributed by atoms with van der Waals surface area (Å²) < 4.78 is 30.9. The molecule has 1 rings (SSSR count). The van der Waals surface area contributed by atoms with Gasteiger partial charge in [-0.05, 0) is 28.1 Å². The van der Waals surface area contributed by atoms with Crippen LogP contribution < -0.4 is 4.74 Å². The van der Waals surface area contributed by atoms with Crippen LogP contribution in [0.4, 0.5) is 0 Å². The number of methoxy groups -OCH3 is 1. The van der Waals surface area contributed by atoms with E-state index in [2.05, 4.69) is 15.9 Å². The number of halogens is 1. The summed E-state index contributed by atoms with van der Waals surface area (Å²) in [5.41, 5.74) is 0. The maximum Gasteiger partial charge on any atom is 0.304 e. The number of carboxylic acids is 1. The second-order valence-corrected chi connectivity index (χ2v) is 6.63. The quantitative estimate of drug-likeness (QED) is 0.840. The Hall–Kier alpha value is -1.12. The van der Waals surface area contributed by atoms with Gasteiger partial charge in [0.15, 0.2) is 0 Å². The third kappa shape index (κ3) is 3.92. The number of sulfonamides is 1. The average molecular weight is 352 g/mol. The molecule has 0 radical (unpaired) electrons. The molecule has 0 saturated heterocycles. The van der Waals surface area contributed by atoms with Crippen molar-refractivity contribution in [3.05, 3.63) is 22.7 Å². The van der Waals surface area contributed by atoms with Crippen molar-refractivity contribution < 1.29 is 23.1 Å². The van der Waals surface area contributed by atoms with Crippen LogP contribution in [0.15, 0.2) is 27.6 Å². The Labute approximate surface area is 120 Å². The molecule has 0 aliphatic rings. The van der Waals surface area contributed by atoms with Crippen LogP contribution in [0.25, 0.3) is 0 Å². The Kier molecular flexibility index (Phi) is 5.33. The zero-order valence-electron chi connectivity index (χ0n) is 10.5. The maximum absolute atomic E-state index is 12.3. The molecule has 0 aliphatic carbocycles. The van der Waals surface area contributed by atoms with Crippen molar-refractivity contribution in [2.75, 3.05) is 20.7 Å². The molecule has 0 bridgehead atoms. The monoisotopic (exact) mass is 351 g/mol. The Morgan fingerprint density at radius 1 is 1.47 bits per heavy atom. The van der Waals surface area contributed by atoms with Gasteiger partial charge in [0.2, 0.25) is 10.0 Å². The Morgan fingerprint density at radius 3 is 2.63 bits per heavy atom. The van der Waals surface area contributed by atoms with E-state index in [1.807, 2.05) is 0 Å². The van der Waals surface area contributed by atoms with Gasteiger partial charge < -0.3 is 9.84 Å². The van der Waals surface area contributed by atoms with Crippen LogP contribution in [0.3, 0.4) is 0 Å². The van der Waals surface area contributed by atoms with E-state index in [9.17, 15) is 13.2 Å². The van der Waals surface area contributed by atoms with Gasteiger partial charge in [0, 0.05) is 24.1 Å². The van der Waals surface area contributed by atoms with Gasteiger partial charge in [-0.1, -0.05) is 0 Å². The highest BCUT2D eigenvalue weighted by atomic mass is 79.9. The number of nitrogens with zero attached hydrogens (tertiary/aromatic N) is 1. The highest BCUT2D eigenvalue weighted by Crippen LogP contribution is 2.28. The first-order chi connectivity index (χ1) is 8.78. The van der Waals surface area contributed by atoms with Crippen molar-refractivity contribution in [1.29, 1.82) is 0 Å². The van der Waals surface area contributed by atoms with Crippen LogP contribution in [0.5, 0.6) is 5.75 Å².